The molecule has 1 aliphatic carbocycles. The zero-order chi connectivity index (χ0) is 14.6. The Labute approximate surface area is 124 Å². The lowest BCUT2D eigenvalue weighted by molar-refractivity contribution is -0.261. The standard InChI is InChI=1S/C17H20O4/c1-4-9-18-16-15-14(20-17(2,3)21-15)12-10-7-5-6-8-11(10)13(12)19-16/h4-8,12-16H,1,9H2,2-3H3. The molecule has 112 valence electrons. The highest BCUT2D eigenvalue weighted by molar-refractivity contribution is 5.45. The van der Waals surface area contributed by atoms with Crippen LogP contribution in [0.15, 0.2) is 36.9 Å². The number of rotatable bonds is 3. The zero-order valence-electron chi connectivity index (χ0n) is 12.3. The maximum Gasteiger partial charge on any atom is 0.187 e. The lowest BCUT2D eigenvalue weighted by Gasteiger charge is -2.49. The molecule has 4 heteroatoms. The van der Waals surface area contributed by atoms with Crippen LogP contribution in [0.4, 0.5) is 0 Å². The summed E-state index contributed by atoms with van der Waals surface area (Å²) in [5.41, 5.74) is 2.54. The molecule has 5 unspecified atom stereocenters. The van der Waals surface area contributed by atoms with E-state index in [2.05, 4.69) is 24.8 Å². The molecule has 0 spiro atoms. The van der Waals surface area contributed by atoms with E-state index in [9.17, 15) is 0 Å². The second-order valence-corrected chi connectivity index (χ2v) is 6.27. The molecule has 2 fully saturated rings. The highest BCUT2D eigenvalue weighted by Gasteiger charge is 2.60. The Balaban J connectivity index is 1.67. The molecule has 0 radical (unpaired) electrons. The largest absolute Gasteiger partial charge is 0.346 e. The molecule has 0 aromatic heterocycles. The molecule has 5 atom stereocenters. The SMILES string of the molecule is C=CCOC1OC2c3ccccc3C2C2OC(C)(C)OC12. The molecular weight excluding hydrogens is 268 g/mol. The van der Waals surface area contributed by atoms with Crippen molar-refractivity contribution in [2.75, 3.05) is 6.61 Å². The summed E-state index contributed by atoms with van der Waals surface area (Å²) in [5, 5.41) is 0. The minimum atomic E-state index is -0.603. The number of hydrogen-bond acceptors (Lipinski definition) is 4. The van der Waals surface area contributed by atoms with Gasteiger partial charge in [-0.2, -0.15) is 0 Å². The van der Waals surface area contributed by atoms with Crippen molar-refractivity contribution in [1.82, 2.24) is 0 Å². The van der Waals surface area contributed by atoms with Gasteiger partial charge in [0.1, 0.15) is 12.2 Å². The number of hydrogen-bond donors (Lipinski definition) is 0. The third kappa shape index (κ3) is 1.98. The van der Waals surface area contributed by atoms with Crippen LogP contribution >= 0.6 is 0 Å². The Morgan fingerprint density at radius 3 is 2.67 bits per heavy atom. The third-order valence-corrected chi connectivity index (χ3v) is 4.43. The second kappa shape index (κ2) is 4.65. The Kier molecular flexibility index (Phi) is 2.98. The van der Waals surface area contributed by atoms with Gasteiger partial charge >= 0.3 is 0 Å². The van der Waals surface area contributed by atoms with E-state index in [1.54, 1.807) is 6.08 Å². The summed E-state index contributed by atoms with van der Waals surface area (Å²) in [5.74, 6) is -0.370. The first-order chi connectivity index (χ1) is 10.1. The van der Waals surface area contributed by atoms with Gasteiger partial charge in [0, 0.05) is 5.92 Å². The summed E-state index contributed by atoms with van der Waals surface area (Å²) >= 11 is 0. The Hall–Kier alpha value is -1.20. The molecule has 0 bridgehead atoms. The topological polar surface area (TPSA) is 36.9 Å². The van der Waals surface area contributed by atoms with E-state index in [1.165, 1.54) is 11.1 Å². The van der Waals surface area contributed by atoms with E-state index in [-0.39, 0.29) is 24.2 Å². The van der Waals surface area contributed by atoms with Gasteiger partial charge in [-0.15, -0.1) is 6.58 Å². The third-order valence-electron chi connectivity index (χ3n) is 4.43. The van der Waals surface area contributed by atoms with Crippen LogP contribution in [-0.2, 0) is 18.9 Å². The molecule has 1 aromatic rings. The average Bonchev–Trinajstić information content (AvgIpc) is 2.76. The summed E-state index contributed by atoms with van der Waals surface area (Å²) in [7, 11) is 0. The fourth-order valence-electron chi connectivity index (χ4n) is 3.67. The molecule has 0 N–H and O–H groups in total. The van der Waals surface area contributed by atoms with Gasteiger partial charge in [0.25, 0.3) is 0 Å². The number of benzene rings is 1. The van der Waals surface area contributed by atoms with Gasteiger partial charge in [0.15, 0.2) is 12.1 Å². The lowest BCUT2D eigenvalue weighted by atomic mass is 9.69. The smallest absolute Gasteiger partial charge is 0.187 e. The van der Waals surface area contributed by atoms with Crippen LogP contribution in [0.25, 0.3) is 0 Å². The Morgan fingerprint density at radius 2 is 1.90 bits per heavy atom. The van der Waals surface area contributed by atoms with Crippen LogP contribution in [0, 0.1) is 0 Å². The Bertz CT molecular complexity index is 568. The maximum absolute atomic E-state index is 6.15. The van der Waals surface area contributed by atoms with Crippen LogP contribution in [0.1, 0.15) is 37.0 Å². The molecule has 3 aliphatic rings. The van der Waals surface area contributed by atoms with Crippen molar-refractivity contribution >= 4 is 0 Å². The fraction of sp³-hybridized carbons (Fsp3) is 0.529. The quantitative estimate of drug-likeness (QED) is 0.801. The minimum Gasteiger partial charge on any atom is -0.346 e. The number of fused-ring (bicyclic) bond motifs is 6. The molecule has 21 heavy (non-hydrogen) atoms. The zero-order valence-corrected chi connectivity index (χ0v) is 12.3. The van der Waals surface area contributed by atoms with Crippen molar-refractivity contribution in [3.05, 3.63) is 48.0 Å². The van der Waals surface area contributed by atoms with Gasteiger partial charge in [0.2, 0.25) is 0 Å². The second-order valence-electron chi connectivity index (χ2n) is 6.27. The summed E-state index contributed by atoms with van der Waals surface area (Å²) < 4.78 is 24.1. The predicted octanol–water partition coefficient (Wildman–Crippen LogP) is 2.90. The molecule has 2 aliphatic heterocycles. The molecule has 4 rings (SSSR count). The van der Waals surface area contributed by atoms with Crippen LogP contribution in [0.2, 0.25) is 0 Å². The molecule has 1 aromatic carbocycles. The van der Waals surface area contributed by atoms with Crippen molar-refractivity contribution in [2.45, 2.75) is 50.2 Å². The summed E-state index contributed by atoms with van der Waals surface area (Å²) in [6.45, 7) is 8.01. The van der Waals surface area contributed by atoms with Gasteiger partial charge in [0.05, 0.1) is 12.7 Å². The molecule has 4 nitrogen and oxygen atoms in total. The molecule has 2 saturated heterocycles. The van der Waals surface area contributed by atoms with Crippen molar-refractivity contribution in [1.29, 1.82) is 0 Å². The van der Waals surface area contributed by atoms with Gasteiger partial charge < -0.3 is 18.9 Å². The number of ether oxygens (including phenoxy) is 4. The van der Waals surface area contributed by atoms with Crippen molar-refractivity contribution < 1.29 is 18.9 Å². The maximum atomic E-state index is 6.15. The molecular formula is C17H20O4. The van der Waals surface area contributed by atoms with Crippen LogP contribution in [-0.4, -0.2) is 30.9 Å². The molecule has 2 heterocycles. The highest BCUT2D eigenvalue weighted by atomic mass is 16.8. The van der Waals surface area contributed by atoms with E-state index < -0.39 is 12.1 Å². The Morgan fingerprint density at radius 1 is 1.19 bits per heavy atom. The van der Waals surface area contributed by atoms with E-state index in [0.717, 1.165) is 0 Å². The van der Waals surface area contributed by atoms with Gasteiger partial charge in [-0.25, -0.2) is 0 Å². The highest BCUT2D eigenvalue weighted by Crippen LogP contribution is 2.57. The first-order valence-corrected chi connectivity index (χ1v) is 7.43. The van der Waals surface area contributed by atoms with Crippen molar-refractivity contribution in [2.24, 2.45) is 0 Å². The monoisotopic (exact) mass is 288 g/mol. The first-order valence-electron chi connectivity index (χ1n) is 7.43. The van der Waals surface area contributed by atoms with Crippen LogP contribution < -0.4 is 0 Å². The van der Waals surface area contributed by atoms with Gasteiger partial charge in [-0.3, -0.25) is 0 Å². The molecule has 0 amide bonds. The first kappa shape index (κ1) is 13.5. The fourth-order valence-corrected chi connectivity index (χ4v) is 3.67. The van der Waals surface area contributed by atoms with E-state index in [1.807, 2.05) is 19.9 Å². The van der Waals surface area contributed by atoms with E-state index >= 15 is 0 Å². The minimum absolute atomic E-state index is 0.0246. The van der Waals surface area contributed by atoms with Gasteiger partial charge in [-0.1, -0.05) is 30.3 Å². The van der Waals surface area contributed by atoms with E-state index in [4.69, 9.17) is 18.9 Å². The van der Waals surface area contributed by atoms with Crippen molar-refractivity contribution in [3.8, 4) is 0 Å². The average molecular weight is 288 g/mol. The molecule has 0 saturated carbocycles. The van der Waals surface area contributed by atoms with Crippen LogP contribution in [0.5, 0.6) is 0 Å². The van der Waals surface area contributed by atoms with Crippen molar-refractivity contribution in [3.63, 3.8) is 0 Å². The summed E-state index contributed by atoms with van der Waals surface area (Å²) in [6, 6.07) is 8.37. The predicted molar refractivity (Wildman–Crippen MR) is 76.8 cm³/mol. The van der Waals surface area contributed by atoms with Crippen LogP contribution in [0.3, 0.4) is 0 Å². The summed E-state index contributed by atoms with van der Waals surface area (Å²) in [6.07, 6.45) is 1.12. The van der Waals surface area contributed by atoms with E-state index in [0.29, 0.717) is 6.61 Å². The lowest BCUT2D eigenvalue weighted by Crippen LogP contribution is -2.53. The normalized spacial score (nSPS) is 38.9. The van der Waals surface area contributed by atoms with Gasteiger partial charge in [-0.05, 0) is 25.0 Å². The summed E-state index contributed by atoms with van der Waals surface area (Å²) in [4.78, 5) is 0.